The van der Waals surface area contributed by atoms with Crippen molar-refractivity contribution < 1.29 is 17.6 Å². The summed E-state index contributed by atoms with van der Waals surface area (Å²) in [5.41, 5.74) is 4.04. The van der Waals surface area contributed by atoms with Crippen LogP contribution in [-0.2, 0) is 5.54 Å². The largest absolute Gasteiger partial charge is 0.321 e. The SMILES string of the molecule is NC1(c2cc(C(F)F)cc(F)c2F)CC1. The van der Waals surface area contributed by atoms with Crippen LogP contribution in [0.5, 0.6) is 0 Å². The van der Waals surface area contributed by atoms with Crippen molar-refractivity contribution in [3.63, 3.8) is 0 Å². The first-order valence-electron chi connectivity index (χ1n) is 4.50. The van der Waals surface area contributed by atoms with Crippen LogP contribution in [0.1, 0.15) is 30.4 Å². The fourth-order valence-electron chi connectivity index (χ4n) is 1.50. The zero-order valence-electron chi connectivity index (χ0n) is 7.74. The van der Waals surface area contributed by atoms with Gasteiger partial charge in [-0.15, -0.1) is 0 Å². The van der Waals surface area contributed by atoms with Gasteiger partial charge in [0.05, 0.1) is 0 Å². The molecule has 1 nitrogen and oxygen atoms in total. The van der Waals surface area contributed by atoms with Gasteiger partial charge in [-0.3, -0.25) is 0 Å². The first-order valence-corrected chi connectivity index (χ1v) is 4.50. The van der Waals surface area contributed by atoms with E-state index in [0.29, 0.717) is 18.9 Å². The molecule has 82 valence electrons. The average molecular weight is 219 g/mol. The number of rotatable bonds is 2. The lowest BCUT2D eigenvalue weighted by Crippen LogP contribution is -2.21. The number of hydrogen-bond acceptors (Lipinski definition) is 1. The van der Waals surface area contributed by atoms with Crippen molar-refractivity contribution in [3.8, 4) is 0 Å². The van der Waals surface area contributed by atoms with Crippen LogP contribution in [0.4, 0.5) is 17.6 Å². The van der Waals surface area contributed by atoms with Crippen molar-refractivity contribution in [1.29, 1.82) is 0 Å². The van der Waals surface area contributed by atoms with Gasteiger partial charge < -0.3 is 5.73 Å². The Morgan fingerprint density at radius 3 is 2.27 bits per heavy atom. The van der Waals surface area contributed by atoms with E-state index in [9.17, 15) is 17.6 Å². The van der Waals surface area contributed by atoms with Crippen LogP contribution < -0.4 is 5.73 Å². The third-order valence-corrected chi connectivity index (χ3v) is 2.63. The highest BCUT2D eigenvalue weighted by molar-refractivity contribution is 5.35. The third-order valence-electron chi connectivity index (χ3n) is 2.63. The molecule has 1 aliphatic carbocycles. The molecule has 0 heterocycles. The molecule has 0 aliphatic heterocycles. The Bertz CT molecular complexity index is 399. The van der Waals surface area contributed by atoms with Crippen molar-refractivity contribution >= 4 is 0 Å². The molecular formula is C10H9F4N. The summed E-state index contributed by atoms with van der Waals surface area (Å²) in [6.07, 6.45) is -1.83. The van der Waals surface area contributed by atoms with Crippen molar-refractivity contribution in [2.45, 2.75) is 24.8 Å². The van der Waals surface area contributed by atoms with E-state index in [1.54, 1.807) is 0 Å². The van der Waals surface area contributed by atoms with Crippen LogP contribution in [0.15, 0.2) is 12.1 Å². The van der Waals surface area contributed by atoms with Crippen molar-refractivity contribution in [1.82, 2.24) is 0 Å². The predicted molar refractivity (Wildman–Crippen MR) is 46.4 cm³/mol. The number of benzene rings is 1. The molecule has 1 aromatic rings. The second-order valence-corrected chi connectivity index (χ2v) is 3.82. The predicted octanol–water partition coefficient (Wildman–Crippen LogP) is 2.85. The fourth-order valence-corrected chi connectivity index (χ4v) is 1.50. The highest BCUT2D eigenvalue weighted by Gasteiger charge is 2.43. The minimum Gasteiger partial charge on any atom is -0.321 e. The van der Waals surface area contributed by atoms with E-state index < -0.39 is 29.2 Å². The maximum absolute atomic E-state index is 13.3. The molecule has 1 aromatic carbocycles. The molecule has 2 rings (SSSR count). The third kappa shape index (κ3) is 1.71. The zero-order valence-corrected chi connectivity index (χ0v) is 7.74. The molecule has 0 radical (unpaired) electrons. The standard InChI is InChI=1S/C10H9F4N/c11-7-4-5(9(13)14)3-6(8(7)12)10(15)1-2-10/h3-4,9H,1-2,15H2. The molecule has 0 aromatic heterocycles. The molecule has 0 spiro atoms. The van der Waals surface area contributed by atoms with Gasteiger partial charge in [0.25, 0.3) is 6.43 Å². The molecule has 2 N–H and O–H groups in total. The molecule has 1 fully saturated rings. The van der Waals surface area contributed by atoms with Crippen LogP contribution in [-0.4, -0.2) is 0 Å². The lowest BCUT2D eigenvalue weighted by molar-refractivity contribution is 0.150. The summed E-state index contributed by atoms with van der Waals surface area (Å²) >= 11 is 0. The Hall–Kier alpha value is -1.10. The highest BCUT2D eigenvalue weighted by Crippen LogP contribution is 2.45. The second kappa shape index (κ2) is 3.20. The molecule has 0 amide bonds. The molecule has 0 atom stereocenters. The average Bonchev–Trinajstić information content (AvgIpc) is 2.89. The van der Waals surface area contributed by atoms with Gasteiger partial charge in [0.1, 0.15) is 0 Å². The summed E-state index contributed by atoms with van der Waals surface area (Å²) in [6, 6.07) is 1.46. The van der Waals surface area contributed by atoms with E-state index in [0.717, 1.165) is 6.07 Å². The van der Waals surface area contributed by atoms with Gasteiger partial charge in [-0.2, -0.15) is 0 Å². The molecule has 0 bridgehead atoms. The Labute approximate surface area is 83.9 Å². The molecule has 1 aliphatic rings. The molecule has 5 heteroatoms. The first-order chi connectivity index (χ1) is 6.94. The van der Waals surface area contributed by atoms with E-state index in [4.69, 9.17) is 5.73 Å². The van der Waals surface area contributed by atoms with Crippen LogP contribution >= 0.6 is 0 Å². The Morgan fingerprint density at radius 1 is 1.20 bits per heavy atom. The monoisotopic (exact) mass is 219 g/mol. The highest BCUT2D eigenvalue weighted by atomic mass is 19.3. The Morgan fingerprint density at radius 2 is 1.80 bits per heavy atom. The number of nitrogens with two attached hydrogens (primary N) is 1. The van der Waals surface area contributed by atoms with Gasteiger partial charge in [-0.1, -0.05) is 0 Å². The van der Waals surface area contributed by atoms with E-state index in [1.165, 1.54) is 0 Å². The lowest BCUT2D eigenvalue weighted by Gasteiger charge is -2.12. The minimum atomic E-state index is -2.82. The summed E-state index contributed by atoms with van der Waals surface area (Å²) in [5, 5.41) is 0. The van der Waals surface area contributed by atoms with Gasteiger partial charge in [0, 0.05) is 16.7 Å². The smallest absolute Gasteiger partial charge is 0.263 e. The summed E-state index contributed by atoms with van der Waals surface area (Å²) in [7, 11) is 0. The summed E-state index contributed by atoms with van der Waals surface area (Å²) in [4.78, 5) is 0. The van der Waals surface area contributed by atoms with E-state index in [-0.39, 0.29) is 5.56 Å². The summed E-state index contributed by atoms with van der Waals surface area (Å²) in [5.74, 6) is -2.38. The molecule has 0 unspecified atom stereocenters. The Kier molecular flexibility index (Phi) is 2.22. The summed E-state index contributed by atoms with van der Waals surface area (Å²) < 4.78 is 51.0. The lowest BCUT2D eigenvalue weighted by atomic mass is 10.0. The van der Waals surface area contributed by atoms with E-state index in [2.05, 4.69) is 0 Å². The van der Waals surface area contributed by atoms with Crippen molar-refractivity contribution in [3.05, 3.63) is 34.9 Å². The van der Waals surface area contributed by atoms with Crippen molar-refractivity contribution in [2.24, 2.45) is 5.73 Å². The molecule has 15 heavy (non-hydrogen) atoms. The van der Waals surface area contributed by atoms with E-state index >= 15 is 0 Å². The van der Waals surface area contributed by atoms with Crippen molar-refractivity contribution in [2.75, 3.05) is 0 Å². The van der Waals surface area contributed by atoms with E-state index in [1.807, 2.05) is 0 Å². The molecule has 1 saturated carbocycles. The topological polar surface area (TPSA) is 26.0 Å². The second-order valence-electron chi connectivity index (χ2n) is 3.82. The number of alkyl halides is 2. The van der Waals surface area contributed by atoms with Gasteiger partial charge >= 0.3 is 0 Å². The number of hydrogen-bond donors (Lipinski definition) is 1. The van der Waals surface area contributed by atoms with Crippen LogP contribution in [0.3, 0.4) is 0 Å². The number of halogens is 4. The first kappa shape index (κ1) is 10.4. The van der Waals surface area contributed by atoms with Gasteiger partial charge in [0.2, 0.25) is 0 Å². The van der Waals surface area contributed by atoms with Gasteiger partial charge in [-0.25, -0.2) is 17.6 Å². The van der Waals surface area contributed by atoms with Crippen LogP contribution in [0.25, 0.3) is 0 Å². The quantitative estimate of drug-likeness (QED) is 0.760. The van der Waals surface area contributed by atoms with Crippen LogP contribution in [0, 0.1) is 11.6 Å². The van der Waals surface area contributed by atoms with Crippen LogP contribution in [0.2, 0.25) is 0 Å². The minimum absolute atomic E-state index is 0.141. The molecular weight excluding hydrogens is 210 g/mol. The fraction of sp³-hybridized carbons (Fsp3) is 0.400. The van der Waals surface area contributed by atoms with Gasteiger partial charge in [0.15, 0.2) is 11.6 Å². The maximum Gasteiger partial charge on any atom is 0.263 e. The Balaban J connectivity index is 2.53. The molecule has 0 saturated heterocycles. The normalized spacial score (nSPS) is 18.3. The maximum atomic E-state index is 13.3. The van der Waals surface area contributed by atoms with Gasteiger partial charge in [-0.05, 0) is 25.0 Å². The summed E-state index contributed by atoms with van der Waals surface area (Å²) in [6.45, 7) is 0. The zero-order chi connectivity index (χ0) is 11.2.